The van der Waals surface area contributed by atoms with E-state index < -0.39 is 0 Å². The molecule has 7 heteroatoms. The largest absolute Gasteiger partial charge is 0.381 e. The predicted octanol–water partition coefficient (Wildman–Crippen LogP) is 3.60. The van der Waals surface area contributed by atoms with Gasteiger partial charge in [0, 0.05) is 50.5 Å². The first-order valence-electron chi connectivity index (χ1n) is 9.24. The van der Waals surface area contributed by atoms with Crippen LogP contribution >= 0.6 is 35.6 Å². The lowest BCUT2D eigenvalue weighted by Gasteiger charge is -2.36. The van der Waals surface area contributed by atoms with E-state index >= 15 is 0 Å². The molecule has 2 N–H and O–H groups in total. The van der Waals surface area contributed by atoms with Gasteiger partial charge < -0.3 is 20.3 Å². The molecular weight excluding hydrogens is 463 g/mol. The highest BCUT2D eigenvalue weighted by atomic mass is 127. The van der Waals surface area contributed by atoms with Crippen molar-refractivity contribution in [3.8, 4) is 0 Å². The van der Waals surface area contributed by atoms with Crippen molar-refractivity contribution < 1.29 is 4.74 Å². The smallest absolute Gasteiger partial charge is 0.191 e. The molecule has 1 heterocycles. The Morgan fingerprint density at radius 3 is 2.31 bits per heavy atom. The minimum absolute atomic E-state index is 0. The number of ether oxygens (including phenoxy) is 1. The molecule has 26 heavy (non-hydrogen) atoms. The number of aliphatic imine (C=N–C) groups is 1. The molecular formula is C19H30ClIN4O. The Labute approximate surface area is 178 Å². The van der Waals surface area contributed by atoms with Crippen LogP contribution in [0.15, 0.2) is 29.3 Å². The number of piperazine rings is 1. The van der Waals surface area contributed by atoms with Crippen molar-refractivity contribution >= 4 is 47.2 Å². The van der Waals surface area contributed by atoms with Crippen LogP contribution in [-0.2, 0) is 4.74 Å². The van der Waals surface area contributed by atoms with Gasteiger partial charge in [0.25, 0.3) is 0 Å². The van der Waals surface area contributed by atoms with Gasteiger partial charge in [-0.05, 0) is 55.9 Å². The number of benzene rings is 1. The van der Waals surface area contributed by atoms with Gasteiger partial charge in [-0.1, -0.05) is 11.6 Å². The van der Waals surface area contributed by atoms with Gasteiger partial charge >= 0.3 is 0 Å². The quantitative estimate of drug-likeness (QED) is 0.396. The number of guanidine groups is 1. The van der Waals surface area contributed by atoms with Crippen LogP contribution < -0.4 is 10.6 Å². The third-order valence-electron chi connectivity index (χ3n) is 5.43. The van der Waals surface area contributed by atoms with E-state index in [1.165, 1.54) is 18.5 Å². The molecule has 0 spiro atoms. The zero-order valence-electron chi connectivity index (χ0n) is 15.4. The Morgan fingerprint density at radius 2 is 1.73 bits per heavy atom. The molecule has 1 saturated heterocycles. The topological polar surface area (TPSA) is 54.1 Å². The monoisotopic (exact) mass is 492 g/mol. The van der Waals surface area contributed by atoms with E-state index in [1.54, 1.807) is 0 Å². The number of hydrogen-bond donors (Lipinski definition) is 1. The zero-order chi connectivity index (χ0) is 17.6. The fourth-order valence-electron chi connectivity index (χ4n) is 3.72. The Morgan fingerprint density at radius 1 is 1.12 bits per heavy atom. The molecule has 0 unspecified atom stereocenters. The number of nitrogens with zero attached hydrogens (tertiary/aromatic N) is 3. The average molecular weight is 493 g/mol. The van der Waals surface area contributed by atoms with Gasteiger partial charge in [-0.2, -0.15) is 0 Å². The van der Waals surface area contributed by atoms with Crippen LogP contribution in [0.4, 0.5) is 5.69 Å². The summed E-state index contributed by atoms with van der Waals surface area (Å²) in [5.74, 6) is 1.35. The molecule has 0 amide bonds. The Hall–Kier alpha value is -0.730. The van der Waals surface area contributed by atoms with Crippen molar-refractivity contribution in [2.45, 2.75) is 31.8 Å². The Balaban J connectivity index is 0.00000243. The highest BCUT2D eigenvalue weighted by Crippen LogP contribution is 2.26. The third kappa shape index (κ3) is 5.89. The van der Waals surface area contributed by atoms with Crippen LogP contribution in [0, 0.1) is 5.92 Å². The number of nitrogens with two attached hydrogens (primary N) is 1. The van der Waals surface area contributed by atoms with Gasteiger partial charge in [-0.15, -0.1) is 24.0 Å². The van der Waals surface area contributed by atoms with Crippen molar-refractivity contribution in [2.24, 2.45) is 16.6 Å². The maximum Gasteiger partial charge on any atom is 0.191 e. The van der Waals surface area contributed by atoms with Crippen LogP contribution in [0.1, 0.15) is 25.7 Å². The summed E-state index contributed by atoms with van der Waals surface area (Å²) in [6.45, 7) is 4.58. The van der Waals surface area contributed by atoms with Crippen molar-refractivity contribution in [1.29, 1.82) is 0 Å². The first-order valence-corrected chi connectivity index (χ1v) is 9.61. The van der Waals surface area contributed by atoms with Gasteiger partial charge in [0.15, 0.2) is 5.96 Å². The van der Waals surface area contributed by atoms with Crippen LogP contribution in [-0.4, -0.2) is 56.8 Å². The molecule has 0 radical (unpaired) electrons. The van der Waals surface area contributed by atoms with E-state index in [-0.39, 0.29) is 24.0 Å². The van der Waals surface area contributed by atoms with Crippen LogP contribution in [0.25, 0.3) is 0 Å². The molecule has 1 aliphatic carbocycles. The molecule has 1 aromatic carbocycles. The fraction of sp³-hybridized carbons (Fsp3) is 0.632. The maximum absolute atomic E-state index is 6.24. The van der Waals surface area contributed by atoms with Gasteiger partial charge in [0.1, 0.15) is 0 Å². The van der Waals surface area contributed by atoms with Gasteiger partial charge in [-0.3, -0.25) is 4.99 Å². The molecule has 1 saturated carbocycles. The molecule has 3 rings (SSSR count). The SMILES string of the molecule is COC1CCC(CN=C(N)N2CCN(c3ccc(Cl)cc3)CC2)CC1.I. The summed E-state index contributed by atoms with van der Waals surface area (Å²) in [4.78, 5) is 9.24. The normalized spacial score (nSPS) is 24.3. The van der Waals surface area contributed by atoms with Crippen LogP contribution in [0.3, 0.4) is 0 Å². The van der Waals surface area contributed by atoms with E-state index in [0.717, 1.165) is 50.6 Å². The number of halogens is 2. The lowest BCUT2D eigenvalue weighted by atomic mass is 9.87. The van der Waals surface area contributed by atoms with E-state index in [1.807, 2.05) is 19.2 Å². The highest BCUT2D eigenvalue weighted by molar-refractivity contribution is 14.0. The van der Waals surface area contributed by atoms with Crippen molar-refractivity contribution in [3.63, 3.8) is 0 Å². The first-order chi connectivity index (χ1) is 12.2. The van der Waals surface area contributed by atoms with E-state index in [4.69, 9.17) is 22.1 Å². The second kappa shape index (κ2) is 10.6. The zero-order valence-corrected chi connectivity index (χ0v) is 18.5. The van der Waals surface area contributed by atoms with Crippen molar-refractivity contribution in [2.75, 3.05) is 44.7 Å². The lowest BCUT2D eigenvalue weighted by molar-refractivity contribution is 0.0580. The van der Waals surface area contributed by atoms with Gasteiger partial charge in [0.05, 0.1) is 6.10 Å². The number of methoxy groups -OCH3 is 1. The molecule has 1 aliphatic heterocycles. The fourth-order valence-corrected chi connectivity index (χ4v) is 3.84. The number of hydrogen-bond acceptors (Lipinski definition) is 3. The first kappa shape index (κ1) is 21.6. The molecule has 1 aromatic rings. The maximum atomic E-state index is 6.24. The minimum atomic E-state index is 0. The number of anilines is 1. The van der Waals surface area contributed by atoms with Crippen LogP contribution in [0.2, 0.25) is 5.02 Å². The second-order valence-corrected chi connectivity index (χ2v) is 7.46. The Kier molecular flexibility index (Phi) is 8.76. The summed E-state index contributed by atoms with van der Waals surface area (Å²) in [7, 11) is 1.81. The summed E-state index contributed by atoms with van der Waals surface area (Å²) >= 11 is 5.96. The molecule has 0 bridgehead atoms. The standard InChI is InChI=1S/C19H29ClN4O.HI/c1-25-18-8-2-15(3-9-18)14-22-19(21)24-12-10-23(11-13-24)17-6-4-16(20)5-7-17;/h4-7,15,18H,2-3,8-14H2,1H3,(H2,21,22);1H. The second-order valence-electron chi connectivity index (χ2n) is 7.03. The van der Waals surface area contributed by atoms with Crippen molar-refractivity contribution in [1.82, 2.24) is 4.90 Å². The Bertz CT molecular complexity index is 567. The molecule has 146 valence electrons. The summed E-state index contributed by atoms with van der Waals surface area (Å²) in [5.41, 5.74) is 7.46. The molecule has 0 atom stereocenters. The lowest BCUT2D eigenvalue weighted by Crippen LogP contribution is -2.51. The minimum Gasteiger partial charge on any atom is -0.381 e. The third-order valence-corrected chi connectivity index (χ3v) is 5.69. The molecule has 5 nitrogen and oxygen atoms in total. The van der Waals surface area contributed by atoms with E-state index in [0.29, 0.717) is 18.0 Å². The summed E-state index contributed by atoms with van der Waals surface area (Å²) < 4.78 is 5.43. The van der Waals surface area contributed by atoms with E-state index in [9.17, 15) is 0 Å². The van der Waals surface area contributed by atoms with Gasteiger partial charge in [0.2, 0.25) is 0 Å². The summed E-state index contributed by atoms with van der Waals surface area (Å²) in [6.07, 6.45) is 5.13. The summed E-state index contributed by atoms with van der Waals surface area (Å²) in [5, 5.41) is 0.776. The molecule has 2 fully saturated rings. The van der Waals surface area contributed by atoms with Crippen LogP contribution in [0.5, 0.6) is 0 Å². The average Bonchev–Trinajstić information content (AvgIpc) is 2.67. The van der Waals surface area contributed by atoms with Crippen molar-refractivity contribution in [3.05, 3.63) is 29.3 Å². The predicted molar refractivity (Wildman–Crippen MR) is 120 cm³/mol. The van der Waals surface area contributed by atoms with E-state index in [2.05, 4.69) is 26.9 Å². The highest BCUT2D eigenvalue weighted by Gasteiger charge is 2.22. The molecule has 0 aromatic heterocycles. The van der Waals surface area contributed by atoms with Gasteiger partial charge in [-0.25, -0.2) is 0 Å². The number of rotatable bonds is 4. The molecule has 2 aliphatic rings. The summed E-state index contributed by atoms with van der Waals surface area (Å²) in [6, 6.07) is 8.03.